The summed E-state index contributed by atoms with van der Waals surface area (Å²) in [6.07, 6.45) is 0.657. The van der Waals surface area contributed by atoms with Crippen LogP contribution >= 0.6 is 0 Å². The molecule has 4 fully saturated rings. The van der Waals surface area contributed by atoms with Crippen LogP contribution in [0.5, 0.6) is 0 Å². The van der Waals surface area contributed by atoms with Gasteiger partial charge in [0.15, 0.2) is 24.4 Å². The second kappa shape index (κ2) is 19.6. The molecular weight excluding hydrogens is 784 g/mol. The Balaban J connectivity index is 2.12. The van der Waals surface area contributed by atoms with Crippen molar-refractivity contribution in [3.05, 3.63) is 0 Å². The van der Waals surface area contributed by atoms with Gasteiger partial charge in [0.1, 0.15) is 10.8 Å². The molecule has 4 aliphatic carbocycles. The lowest BCUT2D eigenvalue weighted by Crippen LogP contribution is -2.49. The molecule has 338 valence electrons. The molecule has 0 saturated heterocycles. The lowest BCUT2D eigenvalue weighted by Gasteiger charge is -2.39. The Morgan fingerprint density at radius 1 is 0.433 bits per heavy atom. The zero-order valence-electron chi connectivity index (χ0n) is 37.1. The number of ether oxygens (including phenoxy) is 8. The molecule has 4 saturated carbocycles. The third kappa shape index (κ3) is 8.24. The molecule has 0 aromatic heterocycles. The van der Waals surface area contributed by atoms with Crippen molar-refractivity contribution in [2.75, 3.05) is 26.4 Å². The zero-order valence-corrected chi connectivity index (χ0v) is 37.1. The summed E-state index contributed by atoms with van der Waals surface area (Å²) in [5.74, 6) is -11.9. The van der Waals surface area contributed by atoms with Crippen LogP contribution in [0.15, 0.2) is 0 Å². The van der Waals surface area contributed by atoms with Crippen molar-refractivity contribution in [3.8, 4) is 0 Å². The molecule has 4 aliphatic rings. The van der Waals surface area contributed by atoms with Crippen molar-refractivity contribution < 1.29 is 76.3 Å². The Bertz CT molecular complexity index is 1510. The minimum Gasteiger partial charge on any atom is -0.463 e. The molecule has 0 radical (unpaired) electrons. The Kier molecular flexibility index (Phi) is 15.9. The van der Waals surface area contributed by atoms with Crippen molar-refractivity contribution >= 4 is 47.8 Å². The summed E-state index contributed by atoms with van der Waals surface area (Å²) in [6, 6.07) is 0. The van der Waals surface area contributed by atoms with Gasteiger partial charge < -0.3 is 37.9 Å². The fraction of sp³-hybridized carbons (Fsp3) is 0.818. The van der Waals surface area contributed by atoms with E-state index in [1.807, 2.05) is 0 Å². The first-order valence-corrected chi connectivity index (χ1v) is 21.8. The van der Waals surface area contributed by atoms with Crippen LogP contribution in [0.3, 0.4) is 0 Å². The van der Waals surface area contributed by atoms with Gasteiger partial charge in [0, 0.05) is 10.8 Å². The molecule has 0 N–H and O–H groups in total. The lowest BCUT2D eigenvalue weighted by atomic mass is 9.64. The zero-order chi connectivity index (χ0) is 44.8. The molecule has 16 nitrogen and oxygen atoms in total. The van der Waals surface area contributed by atoms with Gasteiger partial charge in [-0.2, -0.15) is 0 Å². The minimum atomic E-state index is -2.33. The number of hydrogen-bond acceptors (Lipinski definition) is 16. The smallest absolute Gasteiger partial charge is 0.347 e. The number of carbonyl (C=O) groups excluding carboxylic acids is 8. The van der Waals surface area contributed by atoms with E-state index in [1.165, 1.54) is 27.7 Å². The average Bonchev–Trinajstić information content (AvgIpc) is 4.03. The largest absolute Gasteiger partial charge is 0.463 e. The molecule has 60 heavy (non-hydrogen) atoms. The van der Waals surface area contributed by atoms with Gasteiger partial charge in [0.2, 0.25) is 0 Å². The number of rotatable bonds is 19. The van der Waals surface area contributed by atoms with E-state index in [1.54, 1.807) is 41.5 Å². The van der Waals surface area contributed by atoms with Crippen LogP contribution in [-0.2, 0) is 76.3 Å². The van der Waals surface area contributed by atoms with Crippen molar-refractivity contribution in [2.24, 2.45) is 45.3 Å². The van der Waals surface area contributed by atoms with Crippen LogP contribution in [0.2, 0.25) is 0 Å². The molecule has 0 heterocycles. The van der Waals surface area contributed by atoms with Crippen molar-refractivity contribution in [1.82, 2.24) is 0 Å². The number of carbonyl (C=O) groups is 8. The first-order valence-electron chi connectivity index (χ1n) is 21.8. The minimum absolute atomic E-state index is 0.00664. The summed E-state index contributed by atoms with van der Waals surface area (Å²) in [4.78, 5) is 114. The molecule has 2 unspecified atom stereocenters. The van der Waals surface area contributed by atoms with Crippen LogP contribution in [0.25, 0.3) is 0 Å². The summed E-state index contributed by atoms with van der Waals surface area (Å²) in [6.45, 7) is 14.9. The average molecular weight is 851 g/mol. The summed E-state index contributed by atoms with van der Waals surface area (Å²) in [7, 11) is 0. The van der Waals surface area contributed by atoms with E-state index >= 15 is 19.2 Å². The van der Waals surface area contributed by atoms with Gasteiger partial charge in [-0.3, -0.25) is 19.2 Å². The molecule has 0 spiro atoms. The molecule has 10 atom stereocenters. The van der Waals surface area contributed by atoms with E-state index in [0.29, 0.717) is 51.4 Å². The van der Waals surface area contributed by atoms with Gasteiger partial charge in [-0.1, -0.05) is 52.4 Å². The van der Waals surface area contributed by atoms with Gasteiger partial charge in [-0.05, 0) is 92.9 Å². The first-order chi connectivity index (χ1) is 28.3. The fourth-order valence-electron chi connectivity index (χ4n) is 11.2. The Labute approximate surface area is 353 Å². The highest BCUT2D eigenvalue weighted by atomic mass is 16.6. The molecule has 0 aromatic rings. The normalized spacial score (nSPS) is 30.8. The molecule has 0 amide bonds. The van der Waals surface area contributed by atoms with E-state index in [4.69, 9.17) is 37.9 Å². The van der Waals surface area contributed by atoms with Crippen molar-refractivity contribution in [2.45, 2.75) is 158 Å². The van der Waals surface area contributed by atoms with E-state index in [9.17, 15) is 19.2 Å². The fourth-order valence-corrected chi connectivity index (χ4v) is 11.2. The van der Waals surface area contributed by atoms with E-state index in [-0.39, 0.29) is 26.4 Å². The molecule has 4 rings (SSSR count). The third-order valence-electron chi connectivity index (χ3n) is 13.9. The molecule has 0 aliphatic heterocycles. The van der Waals surface area contributed by atoms with Crippen LogP contribution < -0.4 is 0 Å². The van der Waals surface area contributed by atoms with Crippen LogP contribution in [0.1, 0.15) is 133 Å². The summed E-state index contributed by atoms with van der Waals surface area (Å²) < 4.78 is 44.4. The van der Waals surface area contributed by atoms with Gasteiger partial charge in [0.05, 0.1) is 38.3 Å². The van der Waals surface area contributed by atoms with E-state index < -0.39 is 118 Å². The third-order valence-corrected chi connectivity index (χ3v) is 13.9. The maximum absolute atomic E-state index is 15.8. The second-order valence-electron chi connectivity index (χ2n) is 17.0. The summed E-state index contributed by atoms with van der Waals surface area (Å²) in [5.41, 5.74) is -7.73. The van der Waals surface area contributed by atoms with Crippen molar-refractivity contribution in [3.63, 3.8) is 0 Å². The SMILES string of the molecule is CCOC(=O)[C@H](C)OC(=O)C1[C@@](C)(C2CCCCC2)[C@@]1(C(=O)O[C@@H](C)C(=O)OCC)[C@@]1(C(=O)O[C@@H](C)C(=O)OCC)C(C(=O)O[C@@H](C)C(=O)OCC)[C@@]1(C)C1CCCCC1. The Morgan fingerprint density at radius 2 is 0.683 bits per heavy atom. The molecule has 0 aromatic carbocycles. The predicted molar refractivity (Wildman–Crippen MR) is 210 cm³/mol. The van der Waals surface area contributed by atoms with E-state index in [0.717, 1.165) is 12.8 Å². The van der Waals surface area contributed by atoms with Gasteiger partial charge >= 0.3 is 47.8 Å². The lowest BCUT2D eigenvalue weighted by molar-refractivity contribution is -0.187. The first kappa shape index (κ1) is 48.4. The Hall–Kier alpha value is -4.24. The Morgan fingerprint density at radius 3 is 0.933 bits per heavy atom. The quantitative estimate of drug-likeness (QED) is 0.118. The highest BCUT2D eigenvalue weighted by Gasteiger charge is 3.03. The maximum atomic E-state index is 15.8. The summed E-state index contributed by atoms with van der Waals surface area (Å²) in [5, 5.41) is 0. The van der Waals surface area contributed by atoms with E-state index in [2.05, 4.69) is 0 Å². The second-order valence-corrected chi connectivity index (χ2v) is 17.0. The monoisotopic (exact) mass is 850 g/mol. The predicted octanol–water partition coefficient (Wildman–Crippen LogP) is 5.37. The van der Waals surface area contributed by atoms with Crippen LogP contribution in [0, 0.1) is 45.3 Å². The molecule has 0 bridgehead atoms. The topological polar surface area (TPSA) is 210 Å². The van der Waals surface area contributed by atoms with Crippen molar-refractivity contribution in [1.29, 1.82) is 0 Å². The highest BCUT2D eigenvalue weighted by Crippen LogP contribution is 2.94. The van der Waals surface area contributed by atoms with Gasteiger partial charge in [-0.25, -0.2) is 19.2 Å². The molecular formula is C44H66O16. The highest BCUT2D eigenvalue weighted by molar-refractivity contribution is 6.07. The van der Waals surface area contributed by atoms with Gasteiger partial charge in [-0.15, -0.1) is 0 Å². The maximum Gasteiger partial charge on any atom is 0.347 e. The van der Waals surface area contributed by atoms with Crippen LogP contribution in [0.4, 0.5) is 0 Å². The number of hydrogen-bond donors (Lipinski definition) is 0. The summed E-state index contributed by atoms with van der Waals surface area (Å²) >= 11 is 0. The number of esters is 8. The molecule has 16 heteroatoms. The van der Waals surface area contributed by atoms with Crippen LogP contribution in [-0.4, -0.2) is 98.6 Å². The standard InChI is InChI=1S/C44H66O16/c1-11-53-33(45)25(5)57-37(49)31-41(9,29-21-17-15-18-22-29)43(31,39(51)59-27(7)35(47)55-13-3)44(40(52)60-28(8)36(48)56-14-4)32(38(50)58-26(6)34(46)54-12-2)42(44,10)30-23-19-16-20-24-30/h25-32H,11-24H2,1-10H3/t25-,26-,27-,28-,31?,32?,41+,42+,43+,44+/m0/s1. The van der Waals surface area contributed by atoms with Gasteiger partial charge in [0.25, 0.3) is 0 Å².